The van der Waals surface area contributed by atoms with Gasteiger partial charge in [-0.05, 0) is 31.4 Å². The molecule has 1 N–H and O–H groups in total. The summed E-state index contributed by atoms with van der Waals surface area (Å²) in [5.41, 5.74) is 2.05. The van der Waals surface area contributed by atoms with Gasteiger partial charge in [-0.25, -0.2) is 4.98 Å². The van der Waals surface area contributed by atoms with E-state index >= 15 is 0 Å². The number of fused-ring (bicyclic) bond motifs is 1. The average molecular weight is 328 g/mol. The van der Waals surface area contributed by atoms with Gasteiger partial charge < -0.3 is 19.5 Å². The molecule has 1 amide bonds. The highest BCUT2D eigenvalue weighted by atomic mass is 16.5. The van der Waals surface area contributed by atoms with Gasteiger partial charge in [-0.2, -0.15) is 0 Å². The van der Waals surface area contributed by atoms with Crippen molar-refractivity contribution in [1.82, 2.24) is 14.9 Å². The van der Waals surface area contributed by atoms with Gasteiger partial charge >= 0.3 is 0 Å². The second-order valence-electron chi connectivity index (χ2n) is 6.63. The summed E-state index contributed by atoms with van der Waals surface area (Å²) in [5, 5.41) is 0. The summed E-state index contributed by atoms with van der Waals surface area (Å²) >= 11 is 0. The molecule has 0 spiro atoms. The van der Waals surface area contributed by atoms with Crippen molar-refractivity contribution < 1.29 is 9.53 Å². The minimum Gasteiger partial charge on any atom is -0.381 e. The Hall–Kier alpha value is -2.08. The number of imidazole rings is 1. The second kappa shape index (κ2) is 6.81. The number of nitrogens with one attached hydrogen (secondary N) is 1. The SMILES string of the molecule is O=C(C1CCOCC1)N1CCCN(c2nc3ccccc3[nH]2)CC1. The monoisotopic (exact) mass is 328 g/mol. The molecule has 6 nitrogen and oxygen atoms in total. The molecule has 2 saturated heterocycles. The van der Waals surface area contributed by atoms with Crippen LogP contribution in [0.1, 0.15) is 19.3 Å². The fraction of sp³-hybridized carbons (Fsp3) is 0.556. The summed E-state index contributed by atoms with van der Waals surface area (Å²) in [6.45, 7) is 4.80. The van der Waals surface area contributed by atoms with Crippen molar-refractivity contribution in [2.75, 3.05) is 44.3 Å². The maximum Gasteiger partial charge on any atom is 0.225 e. The largest absolute Gasteiger partial charge is 0.381 e. The summed E-state index contributed by atoms with van der Waals surface area (Å²) in [7, 11) is 0. The predicted octanol–water partition coefficient (Wildman–Crippen LogP) is 2.03. The number of hydrogen-bond donors (Lipinski definition) is 1. The van der Waals surface area contributed by atoms with Gasteiger partial charge in [0, 0.05) is 45.3 Å². The van der Waals surface area contributed by atoms with Gasteiger partial charge in [0.25, 0.3) is 0 Å². The summed E-state index contributed by atoms with van der Waals surface area (Å²) < 4.78 is 5.37. The van der Waals surface area contributed by atoms with Crippen molar-refractivity contribution >= 4 is 22.9 Å². The Morgan fingerprint density at radius 3 is 2.79 bits per heavy atom. The van der Waals surface area contributed by atoms with Crippen LogP contribution in [0.5, 0.6) is 0 Å². The number of ether oxygens (including phenoxy) is 1. The van der Waals surface area contributed by atoms with E-state index in [0.717, 1.165) is 75.6 Å². The molecular formula is C18H24N4O2. The van der Waals surface area contributed by atoms with E-state index in [4.69, 9.17) is 4.74 Å². The van der Waals surface area contributed by atoms with Crippen LogP contribution in [-0.4, -0.2) is 60.2 Å². The number of carbonyl (C=O) groups excluding carboxylic acids is 1. The number of hydrogen-bond acceptors (Lipinski definition) is 4. The van der Waals surface area contributed by atoms with E-state index in [-0.39, 0.29) is 5.92 Å². The molecular weight excluding hydrogens is 304 g/mol. The summed E-state index contributed by atoms with van der Waals surface area (Å²) in [5.74, 6) is 1.37. The molecule has 2 aliphatic heterocycles. The molecule has 0 atom stereocenters. The molecule has 4 rings (SSSR count). The van der Waals surface area contributed by atoms with Gasteiger partial charge in [-0.15, -0.1) is 0 Å². The molecule has 0 bridgehead atoms. The van der Waals surface area contributed by atoms with Crippen molar-refractivity contribution in [3.8, 4) is 0 Å². The molecule has 24 heavy (non-hydrogen) atoms. The zero-order valence-electron chi connectivity index (χ0n) is 13.9. The van der Waals surface area contributed by atoms with E-state index in [1.165, 1.54) is 0 Å². The summed E-state index contributed by atoms with van der Waals surface area (Å²) in [6, 6.07) is 8.09. The van der Waals surface area contributed by atoms with E-state index in [1.807, 2.05) is 29.2 Å². The Balaban J connectivity index is 1.43. The van der Waals surface area contributed by atoms with Gasteiger partial charge in [-0.1, -0.05) is 12.1 Å². The van der Waals surface area contributed by atoms with Crippen molar-refractivity contribution in [2.45, 2.75) is 19.3 Å². The Morgan fingerprint density at radius 1 is 1.12 bits per heavy atom. The first-order chi connectivity index (χ1) is 11.8. The molecule has 2 aliphatic rings. The Kier molecular flexibility index (Phi) is 4.38. The molecule has 2 aromatic rings. The fourth-order valence-corrected chi connectivity index (χ4v) is 3.64. The third-order valence-electron chi connectivity index (χ3n) is 5.05. The van der Waals surface area contributed by atoms with Crippen LogP contribution in [0.3, 0.4) is 0 Å². The van der Waals surface area contributed by atoms with Crippen LogP contribution in [0.25, 0.3) is 11.0 Å². The molecule has 6 heteroatoms. The van der Waals surface area contributed by atoms with Gasteiger partial charge in [0.05, 0.1) is 11.0 Å². The standard InChI is InChI=1S/C18H24N4O2/c23-17(14-6-12-24-13-7-14)21-8-3-9-22(11-10-21)18-19-15-4-1-2-5-16(15)20-18/h1-2,4-5,14H,3,6-13H2,(H,19,20). The maximum atomic E-state index is 12.7. The Morgan fingerprint density at radius 2 is 1.96 bits per heavy atom. The van der Waals surface area contributed by atoms with Crippen LogP contribution in [0.2, 0.25) is 0 Å². The predicted molar refractivity (Wildman–Crippen MR) is 93.0 cm³/mol. The number of carbonyl (C=O) groups is 1. The van der Waals surface area contributed by atoms with E-state index in [9.17, 15) is 4.79 Å². The smallest absolute Gasteiger partial charge is 0.225 e. The number of aromatic amines is 1. The maximum absolute atomic E-state index is 12.7. The van der Waals surface area contributed by atoms with Gasteiger partial charge in [-0.3, -0.25) is 4.79 Å². The molecule has 128 valence electrons. The van der Waals surface area contributed by atoms with Crippen LogP contribution >= 0.6 is 0 Å². The van der Waals surface area contributed by atoms with Gasteiger partial charge in [0.15, 0.2) is 0 Å². The van der Waals surface area contributed by atoms with Gasteiger partial charge in [0.2, 0.25) is 11.9 Å². The summed E-state index contributed by atoms with van der Waals surface area (Å²) in [4.78, 5) is 25.1. The molecule has 2 fully saturated rings. The lowest BCUT2D eigenvalue weighted by molar-refractivity contribution is -0.138. The first-order valence-electron chi connectivity index (χ1n) is 8.87. The van der Waals surface area contributed by atoms with E-state index in [1.54, 1.807) is 0 Å². The Labute approximate surface area is 141 Å². The van der Waals surface area contributed by atoms with E-state index in [0.29, 0.717) is 5.91 Å². The quantitative estimate of drug-likeness (QED) is 0.916. The third-order valence-corrected chi connectivity index (χ3v) is 5.05. The highest BCUT2D eigenvalue weighted by Crippen LogP contribution is 2.21. The van der Waals surface area contributed by atoms with Crippen LogP contribution in [0.4, 0.5) is 5.95 Å². The molecule has 1 aromatic heterocycles. The molecule has 0 saturated carbocycles. The van der Waals surface area contributed by atoms with Crippen LogP contribution in [0.15, 0.2) is 24.3 Å². The highest BCUT2D eigenvalue weighted by Gasteiger charge is 2.28. The van der Waals surface area contributed by atoms with E-state index < -0.39 is 0 Å². The highest BCUT2D eigenvalue weighted by molar-refractivity contribution is 5.79. The summed E-state index contributed by atoms with van der Waals surface area (Å²) in [6.07, 6.45) is 2.71. The van der Waals surface area contributed by atoms with Crippen molar-refractivity contribution in [1.29, 1.82) is 0 Å². The zero-order chi connectivity index (χ0) is 16.4. The first kappa shape index (κ1) is 15.4. The number of H-pyrrole nitrogens is 1. The van der Waals surface area contributed by atoms with E-state index in [2.05, 4.69) is 14.9 Å². The number of anilines is 1. The minimum absolute atomic E-state index is 0.150. The number of aromatic nitrogens is 2. The van der Waals surface area contributed by atoms with Crippen molar-refractivity contribution in [2.24, 2.45) is 5.92 Å². The van der Waals surface area contributed by atoms with Gasteiger partial charge in [0.1, 0.15) is 0 Å². The molecule has 1 aromatic carbocycles. The first-order valence-corrected chi connectivity index (χ1v) is 8.87. The molecule has 0 unspecified atom stereocenters. The average Bonchev–Trinajstić information content (AvgIpc) is 2.91. The number of amides is 1. The second-order valence-corrected chi connectivity index (χ2v) is 6.63. The Bertz CT molecular complexity index is 675. The molecule has 0 aliphatic carbocycles. The zero-order valence-corrected chi connectivity index (χ0v) is 13.9. The fourth-order valence-electron chi connectivity index (χ4n) is 3.64. The molecule has 3 heterocycles. The number of benzene rings is 1. The third kappa shape index (κ3) is 3.11. The lowest BCUT2D eigenvalue weighted by Crippen LogP contribution is -2.40. The topological polar surface area (TPSA) is 61.5 Å². The van der Waals surface area contributed by atoms with Crippen molar-refractivity contribution in [3.05, 3.63) is 24.3 Å². The number of nitrogens with zero attached hydrogens (tertiary/aromatic N) is 3. The lowest BCUT2D eigenvalue weighted by atomic mass is 9.98. The van der Waals surface area contributed by atoms with Crippen LogP contribution < -0.4 is 4.90 Å². The van der Waals surface area contributed by atoms with Crippen LogP contribution in [0, 0.1) is 5.92 Å². The van der Waals surface area contributed by atoms with Crippen LogP contribution in [-0.2, 0) is 9.53 Å². The number of rotatable bonds is 2. The number of para-hydroxylation sites is 2. The minimum atomic E-state index is 0.150. The molecule has 0 radical (unpaired) electrons. The lowest BCUT2D eigenvalue weighted by Gasteiger charge is -2.28. The van der Waals surface area contributed by atoms with Crippen molar-refractivity contribution in [3.63, 3.8) is 0 Å². The normalized spacial score (nSPS) is 20.3.